The fourth-order valence-electron chi connectivity index (χ4n) is 3.01. The van der Waals surface area contributed by atoms with Crippen LogP contribution in [0.2, 0.25) is 0 Å². The third-order valence-corrected chi connectivity index (χ3v) is 4.47. The summed E-state index contributed by atoms with van der Waals surface area (Å²) >= 11 is 0. The number of carbonyl (C=O) groups is 2. The Balaban J connectivity index is 2.09. The zero-order chi connectivity index (χ0) is 23.9. The van der Waals surface area contributed by atoms with Crippen molar-refractivity contribution in [1.29, 1.82) is 0 Å². The van der Waals surface area contributed by atoms with Crippen LogP contribution in [0.1, 0.15) is 34.1 Å². The maximum atomic E-state index is 13.9. The largest absolute Gasteiger partial charge is 0.457 e. The summed E-state index contributed by atoms with van der Waals surface area (Å²) in [7, 11) is 0. The second-order valence-corrected chi connectivity index (χ2v) is 8.66. The first kappa shape index (κ1) is 25.1. The van der Waals surface area contributed by atoms with Crippen LogP contribution in [0.5, 0.6) is 5.75 Å². The van der Waals surface area contributed by atoms with Crippen LogP contribution >= 0.6 is 0 Å². The molecule has 9 heteroatoms. The maximum absolute atomic E-state index is 13.9. The SMILES string of the molecule is CC(C)CC(C(=O)N=C(N)/C=C\NCC(C)(C)O)N1CC(Oc2ccccc2F)=CC1=O. The van der Waals surface area contributed by atoms with Crippen molar-refractivity contribution in [1.82, 2.24) is 10.2 Å². The summed E-state index contributed by atoms with van der Waals surface area (Å²) in [6, 6.07) is 5.05. The molecule has 8 nitrogen and oxygen atoms in total. The van der Waals surface area contributed by atoms with Gasteiger partial charge in [-0.2, -0.15) is 4.99 Å². The van der Waals surface area contributed by atoms with Gasteiger partial charge in [0.05, 0.1) is 12.1 Å². The number of carbonyl (C=O) groups excluding carboxylic acids is 2. The van der Waals surface area contributed by atoms with Crippen molar-refractivity contribution in [3.63, 3.8) is 0 Å². The van der Waals surface area contributed by atoms with Crippen LogP contribution < -0.4 is 15.8 Å². The highest BCUT2D eigenvalue weighted by atomic mass is 19.1. The number of aliphatic hydroxyl groups is 1. The summed E-state index contributed by atoms with van der Waals surface area (Å²) in [6.07, 6.45) is 4.53. The van der Waals surface area contributed by atoms with Gasteiger partial charge in [0.1, 0.15) is 17.6 Å². The van der Waals surface area contributed by atoms with E-state index in [1.165, 1.54) is 41.5 Å². The average Bonchev–Trinajstić information content (AvgIpc) is 3.04. The first-order valence-electron chi connectivity index (χ1n) is 10.4. The van der Waals surface area contributed by atoms with E-state index in [1.807, 2.05) is 13.8 Å². The third kappa shape index (κ3) is 7.81. The number of hydrogen-bond donors (Lipinski definition) is 3. The van der Waals surface area contributed by atoms with Crippen molar-refractivity contribution in [2.75, 3.05) is 13.1 Å². The molecule has 1 atom stereocenters. The van der Waals surface area contributed by atoms with Crippen LogP contribution in [0.25, 0.3) is 0 Å². The summed E-state index contributed by atoms with van der Waals surface area (Å²) in [5.74, 6) is -1.19. The minimum Gasteiger partial charge on any atom is -0.457 e. The highest BCUT2D eigenvalue weighted by Crippen LogP contribution is 2.24. The van der Waals surface area contributed by atoms with Crippen LogP contribution in [0.4, 0.5) is 4.39 Å². The fraction of sp³-hybridized carbons (Fsp3) is 0.435. The first-order valence-corrected chi connectivity index (χ1v) is 10.4. The number of ether oxygens (including phenoxy) is 1. The number of nitrogens with zero attached hydrogens (tertiary/aromatic N) is 2. The molecule has 0 aromatic heterocycles. The molecule has 1 heterocycles. The lowest BCUT2D eigenvalue weighted by Crippen LogP contribution is -2.43. The Hall–Kier alpha value is -3.20. The van der Waals surface area contributed by atoms with Crippen LogP contribution in [-0.4, -0.2) is 52.4 Å². The normalized spacial score (nSPS) is 16.0. The predicted octanol–water partition coefficient (Wildman–Crippen LogP) is 2.10. The van der Waals surface area contributed by atoms with E-state index in [0.717, 1.165) is 0 Å². The van der Waals surface area contributed by atoms with Gasteiger partial charge in [-0.05, 0) is 44.4 Å². The van der Waals surface area contributed by atoms with Gasteiger partial charge in [-0.3, -0.25) is 9.59 Å². The Morgan fingerprint density at radius 2 is 2.09 bits per heavy atom. The number of nitrogens with two attached hydrogens (primary N) is 1. The minimum absolute atomic E-state index is 0.00564. The number of amidine groups is 1. The van der Waals surface area contributed by atoms with Crippen molar-refractivity contribution in [3.05, 3.63) is 54.2 Å². The molecule has 0 saturated carbocycles. The lowest BCUT2D eigenvalue weighted by atomic mass is 10.0. The Kier molecular flexibility index (Phi) is 8.54. The monoisotopic (exact) mass is 446 g/mol. The van der Waals surface area contributed by atoms with E-state index in [9.17, 15) is 19.1 Å². The number of para-hydroxylation sites is 1. The topological polar surface area (TPSA) is 117 Å². The van der Waals surface area contributed by atoms with Crippen molar-refractivity contribution in [2.24, 2.45) is 16.6 Å². The maximum Gasteiger partial charge on any atom is 0.270 e. The molecule has 0 spiro atoms. The third-order valence-electron chi connectivity index (χ3n) is 4.47. The van der Waals surface area contributed by atoms with Gasteiger partial charge in [0.25, 0.3) is 11.8 Å². The van der Waals surface area contributed by atoms with Crippen LogP contribution in [-0.2, 0) is 9.59 Å². The molecule has 0 fully saturated rings. The van der Waals surface area contributed by atoms with Crippen molar-refractivity contribution >= 4 is 17.6 Å². The molecule has 1 aromatic rings. The number of benzene rings is 1. The molecule has 4 N–H and O–H groups in total. The molecule has 2 rings (SSSR count). The second kappa shape index (κ2) is 10.9. The van der Waals surface area contributed by atoms with E-state index < -0.39 is 29.3 Å². The number of nitrogens with one attached hydrogen (secondary N) is 1. The smallest absolute Gasteiger partial charge is 0.270 e. The van der Waals surface area contributed by atoms with E-state index in [1.54, 1.807) is 19.9 Å². The molecule has 0 radical (unpaired) electrons. The van der Waals surface area contributed by atoms with Gasteiger partial charge in [-0.15, -0.1) is 0 Å². The number of hydrogen-bond acceptors (Lipinski definition) is 5. The highest BCUT2D eigenvalue weighted by molar-refractivity contribution is 6.03. The highest BCUT2D eigenvalue weighted by Gasteiger charge is 2.34. The van der Waals surface area contributed by atoms with Crippen molar-refractivity contribution < 1.29 is 23.8 Å². The molecule has 1 aliphatic rings. The van der Waals surface area contributed by atoms with Gasteiger partial charge in [-0.25, -0.2) is 4.39 Å². The standard InChI is InChI=1S/C23H31FN4O4/c1-15(2)11-18(22(30)27-20(25)9-10-26-14-23(3,4)31)28-13-16(12-21(28)29)32-19-8-6-5-7-17(19)24/h5-10,12,15,18,26,31H,11,13-14H2,1-4H3,(H2,25,27,30)/b10-9-. The molecule has 32 heavy (non-hydrogen) atoms. The number of amides is 2. The fourth-order valence-corrected chi connectivity index (χ4v) is 3.01. The zero-order valence-electron chi connectivity index (χ0n) is 18.8. The molecule has 1 unspecified atom stereocenters. The van der Waals surface area contributed by atoms with E-state index >= 15 is 0 Å². The Morgan fingerprint density at radius 1 is 1.41 bits per heavy atom. The Morgan fingerprint density at radius 3 is 2.72 bits per heavy atom. The predicted molar refractivity (Wildman–Crippen MR) is 120 cm³/mol. The number of aliphatic imine (C=N–C) groups is 1. The first-order chi connectivity index (χ1) is 15.0. The molecule has 174 valence electrons. The van der Waals surface area contributed by atoms with Crippen LogP contribution in [0.15, 0.2) is 53.4 Å². The zero-order valence-corrected chi connectivity index (χ0v) is 18.8. The summed E-state index contributed by atoms with van der Waals surface area (Å²) < 4.78 is 19.4. The summed E-state index contributed by atoms with van der Waals surface area (Å²) in [4.78, 5) is 30.7. The van der Waals surface area contributed by atoms with Crippen molar-refractivity contribution in [3.8, 4) is 5.75 Å². The van der Waals surface area contributed by atoms with E-state index in [4.69, 9.17) is 10.5 Å². The molecule has 0 bridgehead atoms. The summed E-state index contributed by atoms with van der Waals surface area (Å²) in [6.45, 7) is 7.47. The van der Waals surface area contributed by atoms with Gasteiger partial charge >= 0.3 is 0 Å². The summed E-state index contributed by atoms with van der Waals surface area (Å²) in [5, 5.41) is 12.5. The number of halogens is 1. The van der Waals surface area contributed by atoms with Crippen LogP contribution in [0.3, 0.4) is 0 Å². The van der Waals surface area contributed by atoms with Gasteiger partial charge < -0.3 is 25.8 Å². The van der Waals surface area contributed by atoms with E-state index in [0.29, 0.717) is 13.0 Å². The second-order valence-electron chi connectivity index (χ2n) is 8.66. The van der Waals surface area contributed by atoms with Gasteiger partial charge in [-0.1, -0.05) is 26.0 Å². The summed E-state index contributed by atoms with van der Waals surface area (Å²) in [5.41, 5.74) is 4.93. The van der Waals surface area contributed by atoms with Gasteiger partial charge in [0.2, 0.25) is 0 Å². The lowest BCUT2D eigenvalue weighted by molar-refractivity contribution is -0.134. The molecule has 0 aliphatic carbocycles. The lowest BCUT2D eigenvalue weighted by Gasteiger charge is -2.26. The molecule has 0 saturated heterocycles. The quantitative estimate of drug-likeness (QED) is 0.374. The Labute approximate surface area is 187 Å². The average molecular weight is 447 g/mol. The number of rotatable bonds is 10. The van der Waals surface area contributed by atoms with Gasteiger partial charge in [0.15, 0.2) is 11.6 Å². The van der Waals surface area contributed by atoms with Crippen LogP contribution in [0, 0.1) is 11.7 Å². The molecule has 1 aliphatic heterocycles. The molecular weight excluding hydrogens is 415 g/mol. The molecule has 2 amide bonds. The van der Waals surface area contributed by atoms with E-state index in [2.05, 4.69) is 10.3 Å². The van der Waals surface area contributed by atoms with Crippen molar-refractivity contribution in [2.45, 2.75) is 45.8 Å². The molecule has 1 aromatic carbocycles. The molecular formula is C23H31FN4O4. The minimum atomic E-state index is -0.903. The van der Waals surface area contributed by atoms with E-state index in [-0.39, 0.29) is 29.8 Å². The Bertz CT molecular complexity index is 919. The van der Waals surface area contributed by atoms with Gasteiger partial charge in [0, 0.05) is 18.8 Å².